The van der Waals surface area contributed by atoms with Gasteiger partial charge in [-0.15, -0.1) is 0 Å². The normalized spacial score (nSPS) is 19.5. The molecule has 3 aromatic rings. The minimum absolute atomic E-state index is 0.120. The van der Waals surface area contributed by atoms with E-state index in [1.165, 1.54) is 4.31 Å². The third-order valence-electron chi connectivity index (χ3n) is 6.65. The molecule has 0 saturated carbocycles. The van der Waals surface area contributed by atoms with Crippen molar-refractivity contribution < 1.29 is 13.2 Å². The molecule has 1 atom stereocenters. The van der Waals surface area contributed by atoms with Crippen molar-refractivity contribution in [2.45, 2.75) is 30.7 Å². The Balaban J connectivity index is 1.63. The fourth-order valence-electron chi connectivity index (χ4n) is 4.83. The second kappa shape index (κ2) is 8.43. The van der Waals surface area contributed by atoms with Gasteiger partial charge in [-0.2, -0.15) is 0 Å². The molecule has 7 nitrogen and oxygen atoms in total. The van der Waals surface area contributed by atoms with Crippen LogP contribution in [0.5, 0.6) is 0 Å². The lowest BCUT2D eigenvalue weighted by Crippen LogP contribution is -2.56. The summed E-state index contributed by atoms with van der Waals surface area (Å²) < 4.78 is 29.8. The molecular weight excluding hydrogens is 436 g/mol. The number of rotatable bonds is 3. The molecule has 1 unspecified atom stereocenters. The molecule has 1 amide bonds. The molecule has 0 radical (unpaired) electrons. The molecule has 0 N–H and O–H groups in total. The molecule has 1 aromatic heterocycles. The van der Waals surface area contributed by atoms with Crippen LogP contribution in [-0.2, 0) is 21.2 Å². The summed E-state index contributed by atoms with van der Waals surface area (Å²) in [7, 11) is -2.01. The first-order chi connectivity index (χ1) is 15.9. The van der Waals surface area contributed by atoms with E-state index in [1.54, 1.807) is 24.4 Å². The molecule has 3 heterocycles. The van der Waals surface area contributed by atoms with Gasteiger partial charge in [0.05, 0.1) is 11.2 Å². The van der Waals surface area contributed by atoms with E-state index in [-0.39, 0.29) is 10.8 Å². The number of hydrogen-bond donors (Lipinski definition) is 0. The number of aromatic nitrogens is 1. The number of aryl methyl sites for hydroxylation is 2. The zero-order valence-corrected chi connectivity index (χ0v) is 19.8. The summed E-state index contributed by atoms with van der Waals surface area (Å²) in [6, 6.07) is 13.8. The Labute approximate surface area is 194 Å². The van der Waals surface area contributed by atoms with E-state index >= 15 is 0 Å². The van der Waals surface area contributed by atoms with Gasteiger partial charge >= 0.3 is 0 Å². The van der Waals surface area contributed by atoms with Crippen LogP contribution >= 0.6 is 0 Å². The quantitative estimate of drug-likeness (QED) is 0.596. The average Bonchev–Trinajstić information content (AvgIpc) is 2.82. The van der Waals surface area contributed by atoms with Crippen molar-refractivity contribution in [1.29, 1.82) is 0 Å². The highest BCUT2D eigenvalue weighted by Gasteiger charge is 2.42. The number of benzene rings is 2. The summed E-state index contributed by atoms with van der Waals surface area (Å²) in [5.74, 6) is -0.120. The maximum atomic E-state index is 14.2. The number of hydrogen-bond acceptors (Lipinski definition) is 5. The molecule has 8 heteroatoms. The first-order valence-corrected chi connectivity index (χ1v) is 12.8. The molecule has 33 heavy (non-hydrogen) atoms. The molecule has 5 rings (SSSR count). The molecule has 1 fully saturated rings. The molecule has 2 aromatic carbocycles. The lowest BCUT2D eigenvalue weighted by molar-refractivity contribution is -0.134. The summed E-state index contributed by atoms with van der Waals surface area (Å²) in [5, 5.41) is 0.767. The topological polar surface area (TPSA) is 73.8 Å². The number of anilines is 1. The maximum Gasteiger partial charge on any atom is 0.267 e. The molecular formula is C25H28N4O3S. The number of carbonyl (C=O) groups excluding carboxylic acids is 1. The van der Waals surface area contributed by atoms with Gasteiger partial charge in [0.25, 0.3) is 10.0 Å². The smallest absolute Gasteiger partial charge is 0.267 e. The van der Waals surface area contributed by atoms with E-state index in [2.05, 4.69) is 9.88 Å². The zero-order chi connectivity index (χ0) is 23.2. The Morgan fingerprint density at radius 2 is 1.79 bits per heavy atom. The van der Waals surface area contributed by atoms with Crippen LogP contribution in [0.1, 0.15) is 17.5 Å². The van der Waals surface area contributed by atoms with Crippen molar-refractivity contribution in [2.75, 3.05) is 37.5 Å². The van der Waals surface area contributed by atoms with Crippen LogP contribution in [0.25, 0.3) is 10.9 Å². The molecule has 0 aliphatic carbocycles. The largest absolute Gasteiger partial charge is 0.338 e. The molecule has 0 spiro atoms. The van der Waals surface area contributed by atoms with E-state index < -0.39 is 16.1 Å². The van der Waals surface area contributed by atoms with Crippen molar-refractivity contribution in [2.24, 2.45) is 0 Å². The Hall–Kier alpha value is -2.97. The minimum atomic E-state index is -4.05. The number of fused-ring (bicyclic) bond motifs is 2. The van der Waals surface area contributed by atoms with E-state index in [4.69, 9.17) is 0 Å². The Kier molecular flexibility index (Phi) is 5.58. The van der Waals surface area contributed by atoms with Gasteiger partial charge in [0.1, 0.15) is 10.9 Å². The van der Waals surface area contributed by atoms with Crippen LogP contribution in [0.3, 0.4) is 0 Å². The summed E-state index contributed by atoms with van der Waals surface area (Å²) in [6.07, 6.45) is 2.80. The summed E-state index contributed by atoms with van der Waals surface area (Å²) >= 11 is 0. The number of para-hydroxylation sites is 2. The molecule has 1 saturated heterocycles. The van der Waals surface area contributed by atoms with Crippen LogP contribution in [0.4, 0.5) is 5.69 Å². The summed E-state index contributed by atoms with van der Waals surface area (Å²) in [5.41, 5.74) is 2.91. The molecule has 172 valence electrons. The fraction of sp³-hybridized carbons (Fsp3) is 0.360. The van der Waals surface area contributed by atoms with Gasteiger partial charge < -0.3 is 9.80 Å². The van der Waals surface area contributed by atoms with Crippen LogP contribution in [0.2, 0.25) is 0 Å². The van der Waals surface area contributed by atoms with Crippen LogP contribution in [0.15, 0.2) is 59.6 Å². The number of nitrogens with zero attached hydrogens (tertiary/aromatic N) is 4. The average molecular weight is 465 g/mol. The third-order valence-corrected chi connectivity index (χ3v) is 8.50. The predicted octanol–water partition coefficient (Wildman–Crippen LogP) is 2.83. The van der Waals surface area contributed by atoms with Gasteiger partial charge in [0.15, 0.2) is 0 Å². The van der Waals surface area contributed by atoms with Crippen molar-refractivity contribution in [1.82, 2.24) is 14.8 Å². The van der Waals surface area contributed by atoms with Gasteiger partial charge in [-0.05, 0) is 56.1 Å². The van der Waals surface area contributed by atoms with Gasteiger partial charge in [0, 0.05) is 37.8 Å². The second-order valence-electron chi connectivity index (χ2n) is 8.95. The number of likely N-dealkylation sites (N-methyl/N-ethyl adjacent to an activating group) is 1. The fourth-order valence-corrected chi connectivity index (χ4v) is 6.67. The van der Waals surface area contributed by atoms with E-state index in [1.807, 2.05) is 49.2 Å². The monoisotopic (exact) mass is 464 g/mol. The standard InChI is InChI=1S/C25H28N4O3S/c1-18-16-20-7-5-9-23(24(20)26-17-18)33(31,32)29-21-8-4-3-6-19(21)10-11-22(29)25(30)28-14-12-27(2)13-15-28/h3-9,16-17,22H,10-15H2,1-2H3. The van der Waals surface area contributed by atoms with Gasteiger partial charge in [-0.3, -0.25) is 14.1 Å². The van der Waals surface area contributed by atoms with Gasteiger partial charge in [-0.25, -0.2) is 8.42 Å². The van der Waals surface area contributed by atoms with E-state index in [9.17, 15) is 13.2 Å². The predicted molar refractivity (Wildman–Crippen MR) is 129 cm³/mol. The summed E-state index contributed by atoms with van der Waals surface area (Å²) in [6.45, 7) is 4.72. The van der Waals surface area contributed by atoms with E-state index in [0.717, 1.165) is 29.6 Å². The summed E-state index contributed by atoms with van der Waals surface area (Å²) in [4.78, 5) is 22.2. The van der Waals surface area contributed by atoms with Crippen LogP contribution in [0, 0.1) is 6.92 Å². The highest BCUT2D eigenvalue weighted by molar-refractivity contribution is 7.93. The lowest BCUT2D eigenvalue weighted by Gasteiger charge is -2.41. The number of pyridine rings is 1. The third kappa shape index (κ3) is 3.87. The number of sulfonamides is 1. The second-order valence-corrected chi connectivity index (χ2v) is 10.7. The van der Waals surface area contributed by atoms with Gasteiger partial charge in [0.2, 0.25) is 5.91 Å². The SMILES string of the molecule is Cc1cnc2c(S(=O)(=O)N3c4ccccc4CCC3C(=O)N3CCN(C)CC3)cccc2c1. The molecule has 0 bridgehead atoms. The minimum Gasteiger partial charge on any atom is -0.338 e. The first kappa shape index (κ1) is 21.9. The lowest BCUT2D eigenvalue weighted by atomic mass is 9.97. The zero-order valence-electron chi connectivity index (χ0n) is 18.9. The molecule has 2 aliphatic heterocycles. The number of carbonyl (C=O) groups is 1. The van der Waals surface area contributed by atoms with E-state index in [0.29, 0.717) is 37.1 Å². The Bertz CT molecular complexity index is 1320. The highest BCUT2D eigenvalue weighted by atomic mass is 32.2. The van der Waals surface area contributed by atoms with Crippen LogP contribution < -0.4 is 4.31 Å². The molecule has 2 aliphatic rings. The van der Waals surface area contributed by atoms with Crippen molar-refractivity contribution >= 4 is 32.5 Å². The van der Waals surface area contributed by atoms with Crippen molar-refractivity contribution in [3.05, 3.63) is 65.9 Å². The number of piperazine rings is 1. The Morgan fingerprint density at radius 3 is 2.58 bits per heavy atom. The van der Waals surface area contributed by atoms with Crippen molar-refractivity contribution in [3.63, 3.8) is 0 Å². The number of amides is 1. The van der Waals surface area contributed by atoms with Crippen LogP contribution in [-0.4, -0.2) is 68.4 Å². The van der Waals surface area contributed by atoms with Gasteiger partial charge in [-0.1, -0.05) is 30.3 Å². The van der Waals surface area contributed by atoms with Crippen molar-refractivity contribution in [3.8, 4) is 0 Å². The highest BCUT2D eigenvalue weighted by Crippen LogP contribution is 2.37. The Morgan fingerprint density at radius 1 is 1.03 bits per heavy atom. The first-order valence-electron chi connectivity index (χ1n) is 11.3. The maximum absolute atomic E-state index is 14.2.